The van der Waals surface area contributed by atoms with Gasteiger partial charge in [0.15, 0.2) is 5.17 Å². The Kier molecular flexibility index (Phi) is 8.26. The molecule has 3 N–H and O–H groups in total. The average Bonchev–Trinajstić information content (AvgIpc) is 2.87. The first-order valence-electron chi connectivity index (χ1n) is 10.4. The predicted molar refractivity (Wildman–Crippen MR) is 145 cm³/mol. The fraction of sp³-hybridized carbons (Fsp3) is 0. The number of halogens is 4. The van der Waals surface area contributed by atoms with E-state index in [2.05, 4.69) is 14.6 Å². The lowest BCUT2D eigenvalue weighted by molar-refractivity contribution is 0.475. The predicted octanol–water partition coefficient (Wildman–Crippen LogP) is 6.53. The Hall–Kier alpha value is -3.58. The molecule has 8 nitrogen and oxygen atoms in total. The largest absolute Gasteiger partial charge is 0.455 e. The number of nitrogens with zero attached hydrogens (tertiary/aromatic N) is 3. The minimum atomic E-state index is -4.56. The van der Waals surface area contributed by atoms with Crippen LogP contribution >= 0.6 is 35.0 Å². The van der Waals surface area contributed by atoms with Gasteiger partial charge < -0.3 is 15.9 Å². The molecule has 0 aliphatic heterocycles. The zero-order chi connectivity index (χ0) is 27.4. The minimum Gasteiger partial charge on any atom is -0.455 e. The second-order valence-corrected chi connectivity index (χ2v) is 10.7. The molecule has 0 spiro atoms. The van der Waals surface area contributed by atoms with Crippen molar-refractivity contribution in [3.05, 3.63) is 88.7 Å². The Morgan fingerprint density at radius 3 is 2.37 bits per heavy atom. The molecule has 0 bridgehead atoms. The van der Waals surface area contributed by atoms with E-state index >= 15 is 0 Å². The zero-order valence-electron chi connectivity index (χ0n) is 18.9. The normalized spacial score (nSPS) is 11.8. The summed E-state index contributed by atoms with van der Waals surface area (Å²) in [6.07, 6.45) is 2.93. The fourth-order valence-corrected chi connectivity index (χ4v) is 5.34. The number of benzene rings is 3. The van der Waals surface area contributed by atoms with Crippen molar-refractivity contribution >= 4 is 55.7 Å². The third kappa shape index (κ3) is 6.10. The molecule has 194 valence electrons. The van der Waals surface area contributed by atoms with E-state index in [9.17, 15) is 17.2 Å². The van der Waals surface area contributed by atoms with Crippen LogP contribution in [0.5, 0.6) is 11.5 Å². The molecule has 0 fully saturated rings. The molecular formula is C24H15Cl2F2N5O3S2. The lowest BCUT2D eigenvalue weighted by Crippen LogP contribution is -2.11. The minimum absolute atomic E-state index is 0.149. The molecule has 3 aromatic carbocycles. The summed E-state index contributed by atoms with van der Waals surface area (Å²) in [4.78, 5) is -0.827. The molecule has 14 heteroatoms. The smallest absolute Gasteiger partial charge is 0.287 e. The van der Waals surface area contributed by atoms with Gasteiger partial charge >= 0.3 is 0 Å². The van der Waals surface area contributed by atoms with Crippen molar-refractivity contribution in [2.45, 2.75) is 4.90 Å². The van der Waals surface area contributed by atoms with Crippen molar-refractivity contribution in [3.8, 4) is 33.8 Å². The lowest BCUT2D eigenvalue weighted by atomic mass is 9.99. The number of aromatic nitrogens is 2. The Balaban J connectivity index is 1.80. The van der Waals surface area contributed by atoms with Crippen LogP contribution in [-0.2, 0) is 10.0 Å². The number of nitrogens with two attached hydrogens (primary N) is 1. The molecule has 0 saturated heterocycles. The van der Waals surface area contributed by atoms with E-state index in [1.807, 2.05) is 0 Å². The highest BCUT2D eigenvalue weighted by Gasteiger charge is 2.23. The molecule has 0 saturated carbocycles. The topological polar surface area (TPSA) is 131 Å². The van der Waals surface area contributed by atoms with E-state index in [1.54, 1.807) is 24.3 Å². The van der Waals surface area contributed by atoms with Gasteiger partial charge in [-0.3, -0.25) is 0 Å². The Labute approximate surface area is 230 Å². The van der Waals surface area contributed by atoms with Gasteiger partial charge in [-0.15, -0.1) is 4.40 Å². The van der Waals surface area contributed by atoms with Crippen LogP contribution in [0.1, 0.15) is 0 Å². The van der Waals surface area contributed by atoms with Crippen molar-refractivity contribution in [3.63, 3.8) is 0 Å². The molecule has 0 aliphatic rings. The number of nitrogens with one attached hydrogen (secondary N) is 1. The highest BCUT2D eigenvalue weighted by molar-refractivity contribution is 8.25. The van der Waals surface area contributed by atoms with Gasteiger partial charge in [-0.25, -0.2) is 8.78 Å². The van der Waals surface area contributed by atoms with E-state index in [0.29, 0.717) is 34.0 Å². The van der Waals surface area contributed by atoms with Crippen LogP contribution < -0.4 is 10.5 Å². The van der Waals surface area contributed by atoms with Gasteiger partial charge in [0.05, 0.1) is 28.0 Å². The number of rotatable bonds is 7. The third-order valence-electron chi connectivity index (χ3n) is 4.99. The number of amidine groups is 1. The first-order valence-corrected chi connectivity index (χ1v) is 13.5. The summed E-state index contributed by atoms with van der Waals surface area (Å²) in [7, 11) is -4.56. The van der Waals surface area contributed by atoms with Crippen molar-refractivity contribution in [1.82, 2.24) is 10.2 Å². The average molecular weight is 594 g/mol. The summed E-state index contributed by atoms with van der Waals surface area (Å²) < 4.78 is 62.5. The van der Waals surface area contributed by atoms with Crippen LogP contribution in [-0.4, -0.2) is 29.3 Å². The summed E-state index contributed by atoms with van der Waals surface area (Å²) in [5.74, 6) is -1.66. The van der Waals surface area contributed by atoms with Crippen LogP contribution in [0.2, 0.25) is 10.0 Å². The van der Waals surface area contributed by atoms with Crippen molar-refractivity contribution in [2.75, 3.05) is 0 Å². The quantitative estimate of drug-likeness (QED) is 0.184. The number of sulfonamides is 1. The lowest BCUT2D eigenvalue weighted by Gasteiger charge is -2.16. The number of ether oxygens (including phenoxy) is 1. The summed E-state index contributed by atoms with van der Waals surface area (Å²) in [5.41, 5.74) is 8.44. The summed E-state index contributed by atoms with van der Waals surface area (Å²) in [6, 6.07) is 12.2. The maximum atomic E-state index is 14.9. The van der Waals surface area contributed by atoms with E-state index in [1.165, 1.54) is 30.6 Å². The van der Waals surface area contributed by atoms with E-state index in [0.717, 1.165) is 17.7 Å². The number of hydrogen-bond acceptors (Lipinski definition) is 7. The van der Waals surface area contributed by atoms with Gasteiger partial charge in [0, 0.05) is 28.8 Å². The summed E-state index contributed by atoms with van der Waals surface area (Å²) in [5, 5.41) is 14.1. The van der Waals surface area contributed by atoms with Crippen molar-refractivity contribution in [2.24, 2.45) is 10.1 Å². The van der Waals surface area contributed by atoms with Crippen LogP contribution in [0.3, 0.4) is 0 Å². The summed E-state index contributed by atoms with van der Waals surface area (Å²) in [6.45, 7) is 0. The van der Waals surface area contributed by atoms with Crippen LogP contribution in [0.4, 0.5) is 8.78 Å². The molecule has 0 amide bonds. The molecular weight excluding hydrogens is 579 g/mol. The highest BCUT2D eigenvalue weighted by atomic mass is 35.5. The second kappa shape index (κ2) is 11.4. The SMILES string of the molecule is N=CSC(N)=NS(=O)(=O)c1cc(Cl)c(Oc2cc(Cl)c(-c3ccc(F)cc3)cc2-c2ccnnc2)cc1F. The standard InChI is InChI=1S/C24H15Cl2F2N5O3S2/c25-18-8-21(17(14-5-6-31-32-11-14)7-16(18)13-1-3-15(27)4-2-13)36-22-10-20(28)23(9-19(22)26)38(34,35)33-24(30)37-12-29/h1-12,29H,(H2,30,33). The van der Waals surface area contributed by atoms with Crippen molar-refractivity contribution < 1.29 is 21.9 Å². The van der Waals surface area contributed by atoms with Crippen LogP contribution in [0.25, 0.3) is 22.3 Å². The molecule has 0 atom stereocenters. The monoisotopic (exact) mass is 593 g/mol. The van der Waals surface area contributed by atoms with Crippen molar-refractivity contribution in [1.29, 1.82) is 5.41 Å². The first-order chi connectivity index (χ1) is 18.1. The number of thioether (sulfide) groups is 1. The van der Waals surface area contributed by atoms with E-state index in [-0.39, 0.29) is 21.5 Å². The molecule has 0 aliphatic carbocycles. The Morgan fingerprint density at radius 1 is 0.974 bits per heavy atom. The fourth-order valence-electron chi connectivity index (χ4n) is 3.32. The number of hydrogen-bond donors (Lipinski definition) is 2. The molecule has 38 heavy (non-hydrogen) atoms. The highest BCUT2D eigenvalue weighted by Crippen LogP contribution is 2.43. The second-order valence-electron chi connectivity index (χ2n) is 7.42. The molecule has 0 radical (unpaired) electrons. The maximum absolute atomic E-state index is 14.9. The van der Waals surface area contributed by atoms with Gasteiger partial charge in [-0.05, 0) is 47.7 Å². The summed E-state index contributed by atoms with van der Waals surface area (Å²) >= 11 is 13.3. The molecule has 4 rings (SSSR count). The Morgan fingerprint density at radius 2 is 1.71 bits per heavy atom. The van der Waals surface area contributed by atoms with Gasteiger partial charge in [0.25, 0.3) is 10.0 Å². The molecule has 4 aromatic rings. The molecule has 1 heterocycles. The molecule has 0 unspecified atom stereocenters. The van der Waals surface area contributed by atoms with Gasteiger partial charge in [-0.1, -0.05) is 35.3 Å². The first kappa shape index (κ1) is 27.5. The molecule has 1 aromatic heterocycles. The van der Waals surface area contributed by atoms with Gasteiger partial charge in [0.1, 0.15) is 28.0 Å². The van der Waals surface area contributed by atoms with Gasteiger partial charge in [0.2, 0.25) is 0 Å². The maximum Gasteiger partial charge on any atom is 0.287 e. The third-order valence-corrected chi connectivity index (χ3v) is 7.47. The van der Waals surface area contributed by atoms with E-state index < -0.39 is 31.7 Å². The van der Waals surface area contributed by atoms with Gasteiger partial charge in [-0.2, -0.15) is 18.6 Å². The van der Waals surface area contributed by atoms with Crippen LogP contribution in [0.15, 0.2) is 76.3 Å². The van der Waals surface area contributed by atoms with E-state index in [4.69, 9.17) is 39.1 Å². The zero-order valence-corrected chi connectivity index (χ0v) is 22.0. The Bertz CT molecular complexity index is 1660. The van der Waals surface area contributed by atoms with Crippen LogP contribution in [0, 0.1) is 17.0 Å².